The number of halogens is 2. The van der Waals surface area contributed by atoms with Gasteiger partial charge in [0.25, 0.3) is 0 Å². The predicted molar refractivity (Wildman–Crippen MR) is 83.9 cm³/mol. The van der Waals surface area contributed by atoms with Crippen LogP contribution < -0.4 is 10.6 Å². The lowest BCUT2D eigenvalue weighted by atomic mass is 10.1. The first-order chi connectivity index (χ1) is 9.60. The Morgan fingerprint density at radius 2 is 2.38 bits per heavy atom. The zero-order valence-corrected chi connectivity index (χ0v) is 13.3. The average Bonchev–Trinajstić information content (AvgIpc) is 2.86. The van der Waals surface area contributed by atoms with Crippen LogP contribution in [-0.2, 0) is 9.53 Å². The van der Waals surface area contributed by atoms with E-state index in [-0.39, 0.29) is 30.5 Å². The first kappa shape index (κ1) is 18.2. The summed E-state index contributed by atoms with van der Waals surface area (Å²) in [6.07, 6.45) is -0.249. The van der Waals surface area contributed by atoms with Gasteiger partial charge in [0.2, 0.25) is 5.91 Å². The summed E-state index contributed by atoms with van der Waals surface area (Å²) in [6.45, 7) is 0.823. The van der Waals surface area contributed by atoms with Gasteiger partial charge in [0.1, 0.15) is 0 Å². The zero-order chi connectivity index (χ0) is 14.5. The predicted octanol–water partition coefficient (Wildman–Crippen LogP) is 1.29. The number of hydrogen-bond donors (Lipinski definition) is 3. The molecule has 1 aromatic rings. The molecule has 0 bridgehead atoms. The van der Waals surface area contributed by atoms with Crippen molar-refractivity contribution in [3.05, 3.63) is 34.9 Å². The molecule has 3 unspecified atom stereocenters. The van der Waals surface area contributed by atoms with Crippen LogP contribution in [0.25, 0.3) is 0 Å². The van der Waals surface area contributed by atoms with Crippen molar-refractivity contribution in [3.8, 4) is 0 Å². The molecular weight excluding hydrogens is 315 g/mol. The zero-order valence-electron chi connectivity index (χ0n) is 11.7. The molecule has 1 amide bonds. The number of rotatable bonds is 5. The molecule has 1 fully saturated rings. The van der Waals surface area contributed by atoms with Crippen molar-refractivity contribution in [2.75, 3.05) is 20.2 Å². The summed E-state index contributed by atoms with van der Waals surface area (Å²) in [7, 11) is 1.59. The second-order valence-corrected chi connectivity index (χ2v) is 5.31. The summed E-state index contributed by atoms with van der Waals surface area (Å²) in [5.41, 5.74) is 0.916. The molecule has 1 aliphatic rings. The fraction of sp³-hybridized carbons (Fsp3) is 0.500. The highest BCUT2D eigenvalue weighted by molar-refractivity contribution is 6.30. The van der Waals surface area contributed by atoms with Gasteiger partial charge < -0.3 is 20.5 Å². The number of hydrogen-bond acceptors (Lipinski definition) is 4. The highest BCUT2D eigenvalue weighted by Crippen LogP contribution is 2.19. The minimum atomic E-state index is -0.447. The highest BCUT2D eigenvalue weighted by atomic mass is 35.5. The third-order valence-electron chi connectivity index (χ3n) is 3.39. The van der Waals surface area contributed by atoms with Crippen LogP contribution in [0.4, 0.5) is 0 Å². The van der Waals surface area contributed by atoms with Crippen molar-refractivity contribution in [1.29, 1.82) is 0 Å². The largest absolute Gasteiger partial charge is 0.392 e. The number of ether oxygens (including phenoxy) is 1. The standard InChI is InChI=1S/C14H19ClN2O3.ClH/c1-20-13(9-3-2-4-10(15)5-9)8-17-14(19)12-6-11(18)7-16-12;/h2-5,11-13,16,18H,6-8H2,1H3,(H,17,19);1H. The number of carbonyl (C=O) groups is 1. The van der Waals surface area contributed by atoms with Crippen molar-refractivity contribution in [1.82, 2.24) is 10.6 Å². The molecule has 1 heterocycles. The maximum absolute atomic E-state index is 11.9. The molecule has 7 heteroatoms. The van der Waals surface area contributed by atoms with Gasteiger partial charge >= 0.3 is 0 Å². The number of β-amino-alcohol motifs (C(OH)–C–C–N with tert-alkyl or cyclic N) is 1. The van der Waals surface area contributed by atoms with Crippen molar-refractivity contribution in [2.24, 2.45) is 0 Å². The normalized spacial score (nSPS) is 22.4. The number of methoxy groups -OCH3 is 1. The van der Waals surface area contributed by atoms with Gasteiger partial charge in [0.15, 0.2) is 0 Å². The van der Waals surface area contributed by atoms with Crippen molar-refractivity contribution in [3.63, 3.8) is 0 Å². The van der Waals surface area contributed by atoms with E-state index in [9.17, 15) is 9.90 Å². The molecular formula is C14H20Cl2N2O3. The Kier molecular flexibility index (Phi) is 7.42. The summed E-state index contributed by atoms with van der Waals surface area (Å²) in [5.74, 6) is -0.120. The monoisotopic (exact) mass is 334 g/mol. The number of carbonyl (C=O) groups excluding carboxylic acids is 1. The van der Waals surface area contributed by atoms with Crippen LogP contribution in [0.15, 0.2) is 24.3 Å². The number of aliphatic hydroxyl groups is 1. The Balaban J connectivity index is 0.00000220. The SMILES string of the molecule is COC(CNC(=O)C1CC(O)CN1)c1cccc(Cl)c1.Cl. The Morgan fingerprint density at radius 3 is 2.95 bits per heavy atom. The summed E-state index contributed by atoms with van der Waals surface area (Å²) in [4.78, 5) is 11.9. The van der Waals surface area contributed by atoms with Crippen LogP contribution in [0.2, 0.25) is 5.02 Å². The van der Waals surface area contributed by atoms with E-state index >= 15 is 0 Å². The topological polar surface area (TPSA) is 70.6 Å². The van der Waals surface area contributed by atoms with Gasteiger partial charge in [-0.3, -0.25) is 4.79 Å². The number of aliphatic hydroxyl groups excluding tert-OH is 1. The molecule has 5 nitrogen and oxygen atoms in total. The lowest BCUT2D eigenvalue weighted by Gasteiger charge is -2.18. The third kappa shape index (κ3) is 5.13. The van der Waals surface area contributed by atoms with Gasteiger partial charge in [-0.25, -0.2) is 0 Å². The molecule has 0 aromatic heterocycles. The van der Waals surface area contributed by atoms with Crippen LogP contribution in [0.5, 0.6) is 0 Å². The van der Waals surface area contributed by atoms with Gasteiger partial charge in [0.05, 0.1) is 18.2 Å². The second-order valence-electron chi connectivity index (χ2n) is 4.87. The van der Waals surface area contributed by atoms with Gasteiger partial charge in [0, 0.05) is 25.2 Å². The summed E-state index contributed by atoms with van der Waals surface area (Å²) < 4.78 is 5.38. The number of benzene rings is 1. The minimum absolute atomic E-state index is 0. The quantitative estimate of drug-likeness (QED) is 0.758. The fourth-order valence-electron chi connectivity index (χ4n) is 2.28. The maximum atomic E-state index is 11.9. The van der Waals surface area contributed by atoms with Gasteiger partial charge in [-0.2, -0.15) is 0 Å². The molecule has 3 atom stereocenters. The number of amides is 1. The third-order valence-corrected chi connectivity index (χ3v) is 3.63. The van der Waals surface area contributed by atoms with Crippen molar-refractivity contribution < 1.29 is 14.6 Å². The fourth-order valence-corrected chi connectivity index (χ4v) is 2.48. The molecule has 1 aliphatic heterocycles. The Hall–Kier alpha value is -0.850. The van der Waals surface area contributed by atoms with E-state index < -0.39 is 6.10 Å². The smallest absolute Gasteiger partial charge is 0.237 e. The van der Waals surface area contributed by atoms with Crippen LogP contribution in [-0.4, -0.2) is 43.4 Å². The molecule has 2 rings (SSSR count). The van der Waals surface area contributed by atoms with Crippen LogP contribution in [0.1, 0.15) is 18.1 Å². The molecule has 0 saturated carbocycles. The van der Waals surface area contributed by atoms with Crippen LogP contribution in [0.3, 0.4) is 0 Å². The lowest BCUT2D eigenvalue weighted by Crippen LogP contribution is -2.42. The van der Waals surface area contributed by atoms with E-state index in [0.29, 0.717) is 24.5 Å². The van der Waals surface area contributed by atoms with E-state index in [2.05, 4.69) is 10.6 Å². The van der Waals surface area contributed by atoms with Gasteiger partial charge in [-0.15, -0.1) is 12.4 Å². The van der Waals surface area contributed by atoms with Gasteiger partial charge in [-0.1, -0.05) is 23.7 Å². The van der Waals surface area contributed by atoms with E-state index in [4.69, 9.17) is 16.3 Å². The van der Waals surface area contributed by atoms with Crippen LogP contribution >= 0.6 is 24.0 Å². The first-order valence-electron chi connectivity index (χ1n) is 6.57. The van der Waals surface area contributed by atoms with E-state index in [0.717, 1.165) is 5.56 Å². The highest BCUT2D eigenvalue weighted by Gasteiger charge is 2.28. The number of nitrogens with one attached hydrogen (secondary N) is 2. The second kappa shape index (κ2) is 8.56. The van der Waals surface area contributed by atoms with Crippen molar-refractivity contribution in [2.45, 2.75) is 24.7 Å². The average molecular weight is 335 g/mol. The Bertz CT molecular complexity index is 473. The minimum Gasteiger partial charge on any atom is -0.392 e. The van der Waals surface area contributed by atoms with E-state index in [1.807, 2.05) is 18.2 Å². The molecule has 21 heavy (non-hydrogen) atoms. The van der Waals surface area contributed by atoms with Gasteiger partial charge in [-0.05, 0) is 24.1 Å². The molecule has 0 radical (unpaired) electrons. The van der Waals surface area contributed by atoms with Crippen LogP contribution in [0, 0.1) is 0 Å². The Labute approximate surface area is 135 Å². The molecule has 0 aliphatic carbocycles. The maximum Gasteiger partial charge on any atom is 0.237 e. The Morgan fingerprint density at radius 1 is 1.62 bits per heavy atom. The molecule has 118 valence electrons. The van der Waals surface area contributed by atoms with Crippen molar-refractivity contribution >= 4 is 29.9 Å². The molecule has 1 saturated heterocycles. The van der Waals surface area contributed by atoms with E-state index in [1.54, 1.807) is 13.2 Å². The first-order valence-corrected chi connectivity index (χ1v) is 6.95. The summed E-state index contributed by atoms with van der Waals surface area (Å²) >= 11 is 5.95. The lowest BCUT2D eigenvalue weighted by molar-refractivity contribution is -0.123. The summed E-state index contributed by atoms with van der Waals surface area (Å²) in [6, 6.07) is 7.03. The molecule has 3 N–H and O–H groups in total. The molecule has 1 aromatic carbocycles. The summed E-state index contributed by atoms with van der Waals surface area (Å²) in [5, 5.41) is 15.8. The molecule has 0 spiro atoms. The van der Waals surface area contributed by atoms with E-state index in [1.165, 1.54) is 0 Å².